The van der Waals surface area contributed by atoms with Crippen molar-refractivity contribution in [2.75, 3.05) is 17.6 Å². The minimum Gasteiger partial charge on any atom is -0.478 e. The van der Waals surface area contributed by atoms with Crippen LogP contribution in [0.2, 0.25) is 0 Å². The SMILES string of the molecule is CC(=O)N[C@@H]1[C@H](Oc2cccc(C(=O)O)c2-c2cccc(NS(C)(=O)=O)c2)OC(CO)[C@H](O)[C@@H]1O. The van der Waals surface area contributed by atoms with E-state index in [2.05, 4.69) is 10.0 Å². The van der Waals surface area contributed by atoms with Gasteiger partial charge >= 0.3 is 5.97 Å². The maximum absolute atomic E-state index is 12.0. The number of rotatable bonds is 8. The number of hydrogen-bond acceptors (Lipinski definition) is 9. The molecule has 3 rings (SSSR count). The second-order valence-electron chi connectivity index (χ2n) is 7.99. The number of sulfonamides is 1. The van der Waals surface area contributed by atoms with Crippen LogP contribution in [-0.2, 0) is 19.6 Å². The molecule has 0 aliphatic carbocycles. The summed E-state index contributed by atoms with van der Waals surface area (Å²) < 4.78 is 37.1. The summed E-state index contributed by atoms with van der Waals surface area (Å²) in [5.74, 6) is -1.87. The number of carboxylic acids is 1. The van der Waals surface area contributed by atoms with Gasteiger partial charge in [0, 0.05) is 18.2 Å². The summed E-state index contributed by atoms with van der Waals surface area (Å²) in [6, 6.07) is 8.86. The summed E-state index contributed by atoms with van der Waals surface area (Å²) in [5.41, 5.74) is 0.367. The van der Waals surface area contributed by atoms with Gasteiger partial charge in [0.05, 0.1) is 18.4 Å². The predicted molar refractivity (Wildman–Crippen MR) is 123 cm³/mol. The first kappa shape index (κ1) is 26.4. The van der Waals surface area contributed by atoms with E-state index in [4.69, 9.17) is 9.47 Å². The lowest BCUT2D eigenvalue weighted by molar-refractivity contribution is -0.244. The van der Waals surface area contributed by atoms with Gasteiger partial charge < -0.3 is 35.2 Å². The van der Waals surface area contributed by atoms with Crippen LogP contribution in [0.5, 0.6) is 5.75 Å². The van der Waals surface area contributed by atoms with Crippen LogP contribution in [0.1, 0.15) is 17.3 Å². The molecule has 0 bridgehead atoms. The molecule has 1 heterocycles. The second kappa shape index (κ2) is 10.6. The van der Waals surface area contributed by atoms with Gasteiger partial charge in [0.1, 0.15) is 30.1 Å². The molecular weight excluding hydrogens is 484 g/mol. The average Bonchev–Trinajstić information content (AvgIpc) is 2.77. The third-order valence-electron chi connectivity index (χ3n) is 5.21. The highest BCUT2D eigenvalue weighted by molar-refractivity contribution is 7.92. The standard InChI is InChI=1S/C22H26N2O10S/c1-11(26)23-18-20(28)19(27)16(10-25)34-22(18)33-15-8-4-7-14(21(29)30)17(15)12-5-3-6-13(9-12)24-35(2,31)32/h3-9,16,18-20,22,24-25,27-28H,10H2,1-2H3,(H,23,26)(H,29,30)/t16?,18-,19-,20+,22+/m0/s1. The van der Waals surface area contributed by atoms with Crippen LogP contribution in [0.25, 0.3) is 11.1 Å². The van der Waals surface area contributed by atoms with Crippen molar-refractivity contribution in [3.8, 4) is 16.9 Å². The lowest BCUT2D eigenvalue weighted by Crippen LogP contribution is -2.65. The number of ether oxygens (including phenoxy) is 2. The molecule has 35 heavy (non-hydrogen) atoms. The number of carboxylic acid groups (broad SMARTS) is 1. The van der Waals surface area contributed by atoms with Gasteiger partial charge in [0.2, 0.25) is 22.2 Å². The topological polar surface area (TPSA) is 192 Å². The molecule has 2 aromatic rings. The molecule has 5 atom stereocenters. The van der Waals surface area contributed by atoms with E-state index in [9.17, 15) is 38.4 Å². The smallest absolute Gasteiger partial charge is 0.336 e. The van der Waals surface area contributed by atoms with Crippen LogP contribution < -0.4 is 14.8 Å². The number of carbonyl (C=O) groups excluding carboxylic acids is 1. The molecule has 1 aliphatic heterocycles. The van der Waals surface area contributed by atoms with E-state index in [1.54, 1.807) is 6.07 Å². The number of aromatic carboxylic acids is 1. The van der Waals surface area contributed by atoms with Crippen molar-refractivity contribution in [1.82, 2.24) is 5.32 Å². The monoisotopic (exact) mass is 510 g/mol. The van der Waals surface area contributed by atoms with Gasteiger partial charge in [-0.2, -0.15) is 0 Å². The van der Waals surface area contributed by atoms with Crippen molar-refractivity contribution in [1.29, 1.82) is 0 Å². The van der Waals surface area contributed by atoms with Gasteiger partial charge in [-0.3, -0.25) is 9.52 Å². The van der Waals surface area contributed by atoms with E-state index >= 15 is 0 Å². The van der Waals surface area contributed by atoms with E-state index < -0.39 is 59.2 Å². The molecule has 0 spiro atoms. The molecule has 6 N–H and O–H groups in total. The Kier molecular flexibility index (Phi) is 7.97. The first-order valence-electron chi connectivity index (χ1n) is 10.4. The fourth-order valence-corrected chi connectivity index (χ4v) is 4.31. The molecule has 190 valence electrons. The maximum atomic E-state index is 12.0. The number of aliphatic hydroxyl groups excluding tert-OH is 3. The van der Waals surface area contributed by atoms with Gasteiger partial charge in [-0.05, 0) is 29.8 Å². The van der Waals surface area contributed by atoms with Gasteiger partial charge in [0.15, 0.2) is 0 Å². The quantitative estimate of drug-likeness (QED) is 0.276. The molecule has 0 saturated carbocycles. The van der Waals surface area contributed by atoms with Gasteiger partial charge in [0.25, 0.3) is 0 Å². The molecule has 1 amide bonds. The lowest BCUT2D eigenvalue weighted by atomic mass is 9.96. The number of hydrogen-bond donors (Lipinski definition) is 6. The van der Waals surface area contributed by atoms with Crippen molar-refractivity contribution in [2.24, 2.45) is 0 Å². The highest BCUT2D eigenvalue weighted by atomic mass is 32.2. The Morgan fingerprint density at radius 2 is 1.80 bits per heavy atom. The average molecular weight is 511 g/mol. The summed E-state index contributed by atoms with van der Waals surface area (Å²) in [6.07, 6.45) is -4.79. The largest absolute Gasteiger partial charge is 0.478 e. The van der Waals surface area contributed by atoms with E-state index in [-0.39, 0.29) is 28.1 Å². The van der Waals surface area contributed by atoms with Crippen LogP contribution in [0.15, 0.2) is 42.5 Å². The van der Waals surface area contributed by atoms with Crippen LogP contribution in [0, 0.1) is 0 Å². The number of nitrogens with one attached hydrogen (secondary N) is 2. The van der Waals surface area contributed by atoms with Crippen LogP contribution in [0.4, 0.5) is 5.69 Å². The minimum absolute atomic E-state index is 0.0259. The van der Waals surface area contributed by atoms with Crippen molar-refractivity contribution >= 4 is 27.6 Å². The zero-order chi connectivity index (χ0) is 25.9. The summed E-state index contributed by atoms with van der Waals surface area (Å²) in [5, 5.41) is 42.5. The number of benzene rings is 2. The van der Waals surface area contributed by atoms with Crippen LogP contribution in [-0.4, -0.2) is 84.2 Å². The van der Waals surface area contributed by atoms with Crippen molar-refractivity contribution < 1.29 is 47.9 Å². The van der Waals surface area contributed by atoms with Gasteiger partial charge in [-0.25, -0.2) is 13.2 Å². The summed E-state index contributed by atoms with van der Waals surface area (Å²) >= 11 is 0. The van der Waals surface area contributed by atoms with Crippen molar-refractivity contribution in [2.45, 2.75) is 37.6 Å². The van der Waals surface area contributed by atoms with Gasteiger partial charge in [-0.1, -0.05) is 18.2 Å². The highest BCUT2D eigenvalue weighted by Crippen LogP contribution is 2.37. The van der Waals surface area contributed by atoms with E-state index in [1.165, 1.54) is 43.3 Å². The Morgan fingerprint density at radius 3 is 2.40 bits per heavy atom. The zero-order valence-electron chi connectivity index (χ0n) is 18.8. The number of anilines is 1. The van der Waals surface area contributed by atoms with E-state index in [0.29, 0.717) is 0 Å². The second-order valence-corrected chi connectivity index (χ2v) is 9.74. The highest BCUT2D eigenvalue weighted by Gasteiger charge is 2.46. The number of carbonyl (C=O) groups is 2. The molecular formula is C22H26N2O10S. The Morgan fingerprint density at radius 1 is 1.11 bits per heavy atom. The fourth-order valence-electron chi connectivity index (χ4n) is 3.75. The summed E-state index contributed by atoms with van der Waals surface area (Å²) in [4.78, 5) is 23.7. The molecule has 0 radical (unpaired) electrons. The molecule has 2 aromatic carbocycles. The van der Waals surface area contributed by atoms with Crippen LogP contribution in [0.3, 0.4) is 0 Å². The molecule has 12 nitrogen and oxygen atoms in total. The lowest BCUT2D eigenvalue weighted by Gasteiger charge is -2.42. The predicted octanol–water partition coefficient (Wildman–Crippen LogP) is -0.254. The summed E-state index contributed by atoms with van der Waals surface area (Å²) in [7, 11) is -3.61. The van der Waals surface area contributed by atoms with E-state index in [1.807, 2.05) is 0 Å². The fraction of sp³-hybridized carbons (Fsp3) is 0.364. The zero-order valence-corrected chi connectivity index (χ0v) is 19.6. The van der Waals surface area contributed by atoms with Crippen molar-refractivity contribution in [3.63, 3.8) is 0 Å². The number of aliphatic hydroxyl groups is 3. The Bertz CT molecular complexity index is 1200. The molecule has 0 aromatic heterocycles. The maximum Gasteiger partial charge on any atom is 0.336 e. The first-order chi connectivity index (χ1) is 16.4. The van der Waals surface area contributed by atoms with E-state index in [0.717, 1.165) is 6.26 Å². The molecule has 1 unspecified atom stereocenters. The Hall–Kier alpha value is -3.23. The van der Waals surface area contributed by atoms with Crippen LogP contribution >= 0.6 is 0 Å². The minimum atomic E-state index is -3.61. The third-order valence-corrected chi connectivity index (χ3v) is 5.81. The molecule has 1 fully saturated rings. The Balaban J connectivity index is 2.09. The molecule has 1 aliphatic rings. The van der Waals surface area contributed by atoms with Gasteiger partial charge in [-0.15, -0.1) is 0 Å². The first-order valence-corrected chi connectivity index (χ1v) is 12.3. The number of amides is 1. The Labute approximate surface area is 201 Å². The van der Waals surface area contributed by atoms with Crippen molar-refractivity contribution in [3.05, 3.63) is 48.0 Å². The molecule has 13 heteroatoms. The third kappa shape index (κ3) is 6.26. The summed E-state index contributed by atoms with van der Waals surface area (Å²) in [6.45, 7) is 0.525. The molecule has 1 saturated heterocycles. The normalized spacial score (nSPS) is 24.4.